The molecule has 0 unspecified atom stereocenters. The lowest BCUT2D eigenvalue weighted by Crippen LogP contribution is -2.41. The highest BCUT2D eigenvalue weighted by Gasteiger charge is 2.52. The predicted molar refractivity (Wildman–Crippen MR) is 70.0 cm³/mol. The van der Waals surface area contributed by atoms with Crippen molar-refractivity contribution in [2.75, 3.05) is 0 Å². The quantitative estimate of drug-likeness (QED) is 0.747. The van der Waals surface area contributed by atoms with Gasteiger partial charge in [0.05, 0.1) is 16.8 Å². The molecular weight excluding hydrogens is 293 g/mol. The number of rotatable bonds is 1. The molecule has 1 fully saturated rings. The maximum atomic E-state index is 12.7. The van der Waals surface area contributed by atoms with Crippen molar-refractivity contribution in [1.82, 2.24) is 4.98 Å². The Labute approximate surface area is 120 Å². The van der Waals surface area contributed by atoms with Crippen molar-refractivity contribution in [2.24, 2.45) is 0 Å². The van der Waals surface area contributed by atoms with E-state index in [1.807, 2.05) is 27.7 Å². The second-order valence-corrected chi connectivity index (χ2v) is 6.12. The maximum absolute atomic E-state index is 12.7. The van der Waals surface area contributed by atoms with Gasteiger partial charge in [0, 0.05) is 5.02 Å². The van der Waals surface area contributed by atoms with Crippen LogP contribution in [0.3, 0.4) is 0 Å². The third kappa shape index (κ3) is 2.80. The summed E-state index contributed by atoms with van der Waals surface area (Å²) >= 11 is 5.73. The molecule has 0 radical (unpaired) electrons. The van der Waals surface area contributed by atoms with Crippen molar-refractivity contribution in [3.8, 4) is 0 Å². The Morgan fingerprint density at radius 3 is 2.05 bits per heavy atom. The van der Waals surface area contributed by atoms with Gasteiger partial charge in [-0.2, -0.15) is 13.2 Å². The van der Waals surface area contributed by atoms with Gasteiger partial charge in [0.15, 0.2) is 0 Å². The number of alkyl halides is 3. The molecule has 0 aromatic carbocycles. The van der Waals surface area contributed by atoms with Crippen LogP contribution < -0.4 is 5.59 Å². The van der Waals surface area contributed by atoms with E-state index in [-0.39, 0.29) is 10.6 Å². The number of pyridine rings is 1. The molecule has 3 nitrogen and oxygen atoms in total. The molecule has 2 rings (SSSR count). The molecule has 20 heavy (non-hydrogen) atoms. The van der Waals surface area contributed by atoms with E-state index >= 15 is 0 Å². The lowest BCUT2D eigenvalue weighted by Gasteiger charge is -2.32. The highest BCUT2D eigenvalue weighted by atomic mass is 35.5. The van der Waals surface area contributed by atoms with Crippen LogP contribution in [0.5, 0.6) is 0 Å². The normalized spacial score (nSPS) is 21.3. The minimum absolute atomic E-state index is 0.0171. The molecule has 2 heterocycles. The Kier molecular flexibility index (Phi) is 3.60. The average Bonchev–Trinajstić information content (AvgIpc) is 2.46. The van der Waals surface area contributed by atoms with Gasteiger partial charge in [0.25, 0.3) is 0 Å². The predicted octanol–water partition coefficient (Wildman–Crippen LogP) is 3.05. The zero-order valence-corrected chi connectivity index (χ0v) is 12.3. The third-order valence-corrected chi connectivity index (χ3v) is 3.81. The van der Waals surface area contributed by atoms with Crippen molar-refractivity contribution in [1.29, 1.82) is 0 Å². The monoisotopic (exact) mass is 307 g/mol. The molecule has 1 saturated heterocycles. The first-order valence-corrected chi connectivity index (χ1v) is 6.40. The van der Waals surface area contributed by atoms with Gasteiger partial charge in [-0.25, -0.2) is 0 Å². The van der Waals surface area contributed by atoms with Crippen molar-refractivity contribution < 1.29 is 22.5 Å². The summed E-state index contributed by atoms with van der Waals surface area (Å²) in [6.07, 6.45) is -4.57. The summed E-state index contributed by atoms with van der Waals surface area (Å²) in [6, 6.07) is 2.09. The highest BCUT2D eigenvalue weighted by molar-refractivity contribution is 6.61. The number of nitrogens with zero attached hydrogens (tertiary/aromatic N) is 1. The molecule has 1 aliphatic heterocycles. The van der Waals surface area contributed by atoms with Gasteiger partial charge in [0.2, 0.25) is 0 Å². The summed E-state index contributed by atoms with van der Waals surface area (Å²) in [6.45, 7) is 7.23. The maximum Gasteiger partial charge on any atom is 0.514 e. The molecular formula is C12H14BClF3NO2. The van der Waals surface area contributed by atoms with Gasteiger partial charge < -0.3 is 9.31 Å². The Morgan fingerprint density at radius 2 is 1.60 bits per heavy atom. The van der Waals surface area contributed by atoms with E-state index in [4.69, 9.17) is 20.9 Å². The molecule has 0 atom stereocenters. The van der Waals surface area contributed by atoms with E-state index in [1.165, 1.54) is 6.07 Å². The van der Waals surface area contributed by atoms with Gasteiger partial charge in [0.1, 0.15) is 5.69 Å². The standard InChI is InChI=1S/C12H14BClF3NO2/c1-10(2)11(3,4)20-13(19-10)9-6-7(14)5-8(18-9)12(15,16)17/h5-6H,1-4H3. The smallest absolute Gasteiger partial charge is 0.398 e. The fourth-order valence-corrected chi connectivity index (χ4v) is 1.96. The molecule has 0 aliphatic carbocycles. The summed E-state index contributed by atoms with van der Waals surface area (Å²) < 4.78 is 49.5. The van der Waals surface area contributed by atoms with Crippen LogP contribution in [0.15, 0.2) is 12.1 Å². The van der Waals surface area contributed by atoms with Crippen LogP contribution in [-0.2, 0) is 15.5 Å². The zero-order chi connectivity index (χ0) is 15.3. The van der Waals surface area contributed by atoms with Gasteiger partial charge in [-0.1, -0.05) is 11.6 Å². The number of hydrogen-bond donors (Lipinski definition) is 0. The summed E-state index contributed by atoms with van der Waals surface area (Å²) in [5.41, 5.74) is -2.35. The Balaban J connectivity index is 2.38. The molecule has 1 aromatic heterocycles. The second-order valence-electron chi connectivity index (χ2n) is 5.68. The van der Waals surface area contributed by atoms with Crippen LogP contribution in [0.25, 0.3) is 0 Å². The first kappa shape index (κ1) is 15.6. The molecule has 1 aliphatic rings. The molecule has 8 heteroatoms. The number of hydrogen-bond acceptors (Lipinski definition) is 3. The van der Waals surface area contributed by atoms with E-state index in [0.717, 1.165) is 6.07 Å². The first-order chi connectivity index (χ1) is 8.92. The fourth-order valence-electron chi connectivity index (χ4n) is 1.75. The van der Waals surface area contributed by atoms with Crippen LogP contribution in [0.2, 0.25) is 5.02 Å². The lowest BCUT2D eigenvalue weighted by molar-refractivity contribution is -0.141. The fraction of sp³-hybridized carbons (Fsp3) is 0.583. The minimum atomic E-state index is -4.57. The van der Waals surface area contributed by atoms with Crippen molar-refractivity contribution >= 4 is 24.3 Å². The van der Waals surface area contributed by atoms with E-state index in [2.05, 4.69) is 4.98 Å². The van der Waals surface area contributed by atoms with Crippen LogP contribution in [0, 0.1) is 0 Å². The summed E-state index contributed by atoms with van der Waals surface area (Å²) in [4.78, 5) is 3.56. The number of halogens is 4. The SMILES string of the molecule is CC1(C)OB(c2cc(Cl)cc(C(F)(F)F)n2)OC1(C)C. The summed E-state index contributed by atoms with van der Waals surface area (Å²) in [5.74, 6) is 0. The average molecular weight is 308 g/mol. The van der Waals surface area contributed by atoms with E-state index < -0.39 is 30.2 Å². The molecule has 0 N–H and O–H groups in total. The third-order valence-electron chi connectivity index (χ3n) is 3.60. The molecule has 1 aromatic rings. The molecule has 0 saturated carbocycles. The molecule has 0 bridgehead atoms. The van der Waals surface area contributed by atoms with Crippen molar-refractivity contribution in [3.63, 3.8) is 0 Å². The molecule has 0 spiro atoms. The Bertz CT molecular complexity index is 518. The molecule has 0 amide bonds. The van der Waals surface area contributed by atoms with Crippen LogP contribution >= 0.6 is 11.6 Å². The van der Waals surface area contributed by atoms with E-state index in [0.29, 0.717) is 0 Å². The van der Waals surface area contributed by atoms with Crippen molar-refractivity contribution in [3.05, 3.63) is 22.8 Å². The summed E-state index contributed by atoms with van der Waals surface area (Å²) in [5, 5.41) is -0.0583. The lowest BCUT2D eigenvalue weighted by atomic mass is 9.84. The van der Waals surface area contributed by atoms with E-state index in [1.54, 1.807) is 0 Å². The van der Waals surface area contributed by atoms with Gasteiger partial charge >= 0.3 is 13.3 Å². The summed E-state index contributed by atoms with van der Waals surface area (Å²) in [7, 11) is -0.972. The number of aromatic nitrogens is 1. The van der Waals surface area contributed by atoms with Crippen LogP contribution in [0.4, 0.5) is 13.2 Å². The van der Waals surface area contributed by atoms with Crippen LogP contribution in [0.1, 0.15) is 33.4 Å². The topological polar surface area (TPSA) is 31.4 Å². The van der Waals surface area contributed by atoms with Gasteiger partial charge in [-0.05, 0) is 39.8 Å². The second kappa shape index (κ2) is 4.61. The Hall–Kier alpha value is -0.785. The van der Waals surface area contributed by atoms with Crippen molar-refractivity contribution in [2.45, 2.75) is 45.1 Å². The zero-order valence-electron chi connectivity index (χ0n) is 11.5. The first-order valence-electron chi connectivity index (χ1n) is 6.03. The largest absolute Gasteiger partial charge is 0.514 e. The van der Waals surface area contributed by atoms with Crippen LogP contribution in [-0.4, -0.2) is 23.3 Å². The van der Waals surface area contributed by atoms with Gasteiger partial charge in [-0.15, -0.1) is 0 Å². The van der Waals surface area contributed by atoms with E-state index in [9.17, 15) is 13.2 Å². The molecule has 110 valence electrons. The Morgan fingerprint density at radius 1 is 1.10 bits per heavy atom. The highest BCUT2D eigenvalue weighted by Crippen LogP contribution is 2.37. The van der Waals surface area contributed by atoms with Gasteiger partial charge in [-0.3, -0.25) is 4.98 Å². The minimum Gasteiger partial charge on any atom is -0.398 e.